The van der Waals surface area contributed by atoms with Gasteiger partial charge in [0.25, 0.3) is 0 Å². The molecule has 0 aliphatic heterocycles. The van der Waals surface area contributed by atoms with Crippen molar-refractivity contribution in [3.8, 4) is 0 Å². The number of hydrogen-bond donors (Lipinski definition) is 1. The van der Waals surface area contributed by atoms with Crippen LogP contribution in [0.3, 0.4) is 0 Å². The van der Waals surface area contributed by atoms with Crippen LogP contribution in [0.25, 0.3) is 6.08 Å². The third kappa shape index (κ3) is 7.11. The van der Waals surface area contributed by atoms with Gasteiger partial charge in [-0.15, -0.1) is 11.8 Å². The molecule has 2 aromatic carbocycles. The summed E-state index contributed by atoms with van der Waals surface area (Å²) in [5, 5.41) is 2.18. The van der Waals surface area contributed by atoms with Crippen LogP contribution >= 0.6 is 11.8 Å². The summed E-state index contributed by atoms with van der Waals surface area (Å²) in [5.41, 5.74) is 1.54. The highest BCUT2D eigenvalue weighted by molar-refractivity contribution is 8.01. The molecule has 136 valence electrons. The van der Waals surface area contributed by atoms with E-state index in [2.05, 4.69) is 5.32 Å². The number of halogens is 1. The lowest BCUT2D eigenvalue weighted by atomic mass is 10.2. The first-order valence-electron chi connectivity index (χ1n) is 8.10. The molecule has 0 aliphatic carbocycles. The van der Waals surface area contributed by atoms with Crippen LogP contribution in [0.15, 0.2) is 60.7 Å². The van der Waals surface area contributed by atoms with Crippen LogP contribution in [0.2, 0.25) is 0 Å². The lowest BCUT2D eigenvalue weighted by Crippen LogP contribution is -2.21. The topological polar surface area (TPSA) is 55.4 Å². The Kier molecular flexibility index (Phi) is 7.89. The predicted molar refractivity (Wildman–Crippen MR) is 103 cm³/mol. The smallest absolute Gasteiger partial charge is 0.319 e. The summed E-state index contributed by atoms with van der Waals surface area (Å²) in [4.78, 5) is 23.8. The molecule has 6 heteroatoms. The predicted octanol–water partition coefficient (Wildman–Crippen LogP) is 4.14. The number of benzene rings is 2. The van der Waals surface area contributed by atoms with Gasteiger partial charge >= 0.3 is 5.97 Å². The number of carbonyl (C=O) groups is 2. The molecule has 0 saturated heterocycles. The molecular formula is C20H20FNO3S. The average molecular weight is 373 g/mol. The summed E-state index contributed by atoms with van der Waals surface area (Å²) >= 11 is 1.18. The number of ether oxygens (including phenoxy) is 1. The Bertz CT molecular complexity index is 747. The number of rotatable bonds is 8. The lowest BCUT2D eigenvalue weighted by molar-refractivity contribution is -0.141. The van der Waals surface area contributed by atoms with Gasteiger partial charge < -0.3 is 10.1 Å². The van der Waals surface area contributed by atoms with E-state index in [0.717, 1.165) is 5.56 Å². The van der Waals surface area contributed by atoms with E-state index in [0.29, 0.717) is 5.69 Å². The normalized spacial score (nSPS) is 11.9. The second-order valence-electron chi connectivity index (χ2n) is 5.45. The first-order chi connectivity index (χ1) is 12.5. The number of hydrogen-bond acceptors (Lipinski definition) is 4. The van der Waals surface area contributed by atoms with Gasteiger partial charge in [0.05, 0.1) is 5.75 Å². The van der Waals surface area contributed by atoms with E-state index in [1.807, 2.05) is 36.4 Å². The molecule has 0 aromatic heterocycles. The SMILES string of the molecule is CC(SCC(=O)Nc1ccc(F)cc1)C(=O)OC/C=C/c1ccccc1. The molecule has 1 atom stereocenters. The molecule has 0 spiro atoms. The van der Waals surface area contributed by atoms with Crippen LogP contribution in [0.4, 0.5) is 10.1 Å². The van der Waals surface area contributed by atoms with E-state index in [-0.39, 0.29) is 30.1 Å². The van der Waals surface area contributed by atoms with Crippen LogP contribution in [0, 0.1) is 5.82 Å². The third-order valence-electron chi connectivity index (χ3n) is 3.36. The van der Waals surface area contributed by atoms with E-state index >= 15 is 0 Å². The number of amides is 1. The fourth-order valence-electron chi connectivity index (χ4n) is 1.99. The minimum Gasteiger partial charge on any atom is -0.461 e. The summed E-state index contributed by atoms with van der Waals surface area (Å²) in [6.45, 7) is 1.87. The van der Waals surface area contributed by atoms with Crippen molar-refractivity contribution in [3.05, 3.63) is 72.1 Å². The minimum atomic E-state index is -0.459. The lowest BCUT2D eigenvalue weighted by Gasteiger charge is -2.10. The van der Waals surface area contributed by atoms with Crippen molar-refractivity contribution in [2.75, 3.05) is 17.7 Å². The van der Waals surface area contributed by atoms with Crippen molar-refractivity contribution < 1.29 is 18.7 Å². The number of thioether (sulfide) groups is 1. The van der Waals surface area contributed by atoms with Gasteiger partial charge in [0, 0.05) is 5.69 Å². The summed E-state index contributed by atoms with van der Waals surface area (Å²) in [6, 6.07) is 15.2. The van der Waals surface area contributed by atoms with Crippen molar-refractivity contribution in [2.45, 2.75) is 12.2 Å². The van der Waals surface area contributed by atoms with Crippen LogP contribution in [0.5, 0.6) is 0 Å². The monoisotopic (exact) mass is 373 g/mol. The van der Waals surface area contributed by atoms with Crippen molar-refractivity contribution >= 4 is 35.4 Å². The summed E-state index contributed by atoms with van der Waals surface area (Å²) in [6.07, 6.45) is 3.65. The Morgan fingerprint density at radius 1 is 1.15 bits per heavy atom. The van der Waals surface area contributed by atoms with Gasteiger partial charge in [0.15, 0.2) is 0 Å². The quantitative estimate of drug-likeness (QED) is 0.707. The molecule has 26 heavy (non-hydrogen) atoms. The molecule has 1 amide bonds. The molecular weight excluding hydrogens is 353 g/mol. The minimum absolute atomic E-state index is 0.105. The molecule has 0 aliphatic rings. The maximum absolute atomic E-state index is 12.8. The van der Waals surface area contributed by atoms with Gasteiger partial charge in [0.1, 0.15) is 17.7 Å². The Morgan fingerprint density at radius 3 is 2.54 bits per heavy atom. The Morgan fingerprint density at radius 2 is 1.85 bits per heavy atom. The number of carbonyl (C=O) groups excluding carboxylic acids is 2. The van der Waals surface area contributed by atoms with Gasteiger partial charge in [-0.25, -0.2) is 4.39 Å². The van der Waals surface area contributed by atoms with Crippen LogP contribution in [-0.4, -0.2) is 29.5 Å². The highest BCUT2D eigenvalue weighted by Gasteiger charge is 2.16. The van der Waals surface area contributed by atoms with Crippen molar-refractivity contribution in [2.24, 2.45) is 0 Å². The third-order valence-corrected chi connectivity index (χ3v) is 4.48. The van der Waals surface area contributed by atoms with E-state index < -0.39 is 5.25 Å². The standard InChI is InChI=1S/C20H20FNO3S/c1-15(20(24)25-13-5-8-16-6-3-2-4-7-16)26-14-19(23)22-18-11-9-17(21)10-12-18/h2-12,15H,13-14H2,1H3,(H,22,23)/b8-5+. The highest BCUT2D eigenvalue weighted by atomic mass is 32.2. The fourth-order valence-corrected chi connectivity index (χ4v) is 2.67. The van der Waals surface area contributed by atoms with Crippen LogP contribution in [0.1, 0.15) is 12.5 Å². The molecule has 1 unspecified atom stereocenters. The number of nitrogens with one attached hydrogen (secondary N) is 1. The second-order valence-corrected chi connectivity index (χ2v) is 6.78. The number of esters is 1. The average Bonchev–Trinajstić information content (AvgIpc) is 2.66. The first kappa shape index (κ1) is 19.7. The van der Waals surface area contributed by atoms with Gasteiger partial charge in [-0.05, 0) is 42.8 Å². The van der Waals surface area contributed by atoms with Gasteiger partial charge in [-0.2, -0.15) is 0 Å². The number of anilines is 1. The zero-order chi connectivity index (χ0) is 18.8. The van der Waals surface area contributed by atoms with E-state index in [9.17, 15) is 14.0 Å². The zero-order valence-electron chi connectivity index (χ0n) is 14.4. The fraction of sp³-hybridized carbons (Fsp3) is 0.200. The Hall–Kier alpha value is -2.60. The molecule has 2 rings (SSSR count). The first-order valence-corrected chi connectivity index (χ1v) is 9.15. The van der Waals surface area contributed by atoms with E-state index in [1.54, 1.807) is 13.0 Å². The molecule has 0 radical (unpaired) electrons. The van der Waals surface area contributed by atoms with Crippen molar-refractivity contribution in [3.63, 3.8) is 0 Å². The zero-order valence-corrected chi connectivity index (χ0v) is 15.2. The largest absolute Gasteiger partial charge is 0.461 e. The Labute approximate surface area is 156 Å². The highest BCUT2D eigenvalue weighted by Crippen LogP contribution is 2.14. The molecule has 0 bridgehead atoms. The molecule has 1 N–H and O–H groups in total. The van der Waals surface area contributed by atoms with Gasteiger partial charge in [-0.1, -0.05) is 36.4 Å². The molecule has 0 fully saturated rings. The van der Waals surface area contributed by atoms with Gasteiger partial charge in [0.2, 0.25) is 5.91 Å². The maximum Gasteiger partial charge on any atom is 0.319 e. The summed E-state index contributed by atoms with van der Waals surface area (Å²) < 4.78 is 18.0. The van der Waals surface area contributed by atoms with Crippen molar-refractivity contribution in [1.29, 1.82) is 0 Å². The molecule has 2 aromatic rings. The molecule has 0 heterocycles. The second kappa shape index (κ2) is 10.4. The summed E-state index contributed by atoms with van der Waals surface area (Å²) in [5.74, 6) is -0.893. The molecule has 4 nitrogen and oxygen atoms in total. The van der Waals surface area contributed by atoms with E-state index in [4.69, 9.17) is 4.74 Å². The van der Waals surface area contributed by atoms with Crippen LogP contribution in [-0.2, 0) is 14.3 Å². The van der Waals surface area contributed by atoms with Crippen LogP contribution < -0.4 is 5.32 Å². The molecule has 0 saturated carbocycles. The Balaban J connectivity index is 1.67. The maximum atomic E-state index is 12.8. The van der Waals surface area contributed by atoms with E-state index in [1.165, 1.54) is 36.0 Å². The van der Waals surface area contributed by atoms with Crippen molar-refractivity contribution in [1.82, 2.24) is 0 Å². The van der Waals surface area contributed by atoms with Gasteiger partial charge in [-0.3, -0.25) is 9.59 Å². The summed E-state index contributed by atoms with van der Waals surface area (Å²) in [7, 11) is 0.